The van der Waals surface area contributed by atoms with Crippen LogP contribution in [0.2, 0.25) is 0 Å². The van der Waals surface area contributed by atoms with Crippen molar-refractivity contribution in [1.82, 2.24) is 9.80 Å². The minimum absolute atomic E-state index is 0.0186. The van der Waals surface area contributed by atoms with Gasteiger partial charge in [0, 0.05) is 19.6 Å². The summed E-state index contributed by atoms with van der Waals surface area (Å²) in [7, 11) is 0. The van der Waals surface area contributed by atoms with Crippen LogP contribution in [0.25, 0.3) is 0 Å². The van der Waals surface area contributed by atoms with Gasteiger partial charge in [-0.2, -0.15) is 0 Å². The second-order valence-corrected chi connectivity index (χ2v) is 5.43. The summed E-state index contributed by atoms with van der Waals surface area (Å²) in [5.74, 6) is -0.315. The molecule has 5 nitrogen and oxygen atoms in total. The first-order valence-corrected chi connectivity index (χ1v) is 6.98. The number of hydrogen-bond acceptors (Lipinski definition) is 3. The smallest absolute Gasteiger partial charge is 0.251 e. The maximum absolute atomic E-state index is 12.2. The van der Waals surface area contributed by atoms with Gasteiger partial charge >= 0.3 is 0 Å². The number of aliphatic hydroxyl groups is 1. The van der Waals surface area contributed by atoms with Crippen molar-refractivity contribution in [3.8, 4) is 0 Å². The zero-order valence-electron chi connectivity index (χ0n) is 11.5. The average molecular weight is 266 g/mol. The van der Waals surface area contributed by atoms with Crippen LogP contribution in [0.3, 0.4) is 0 Å². The molecule has 2 heterocycles. The molecule has 2 amide bonds. The van der Waals surface area contributed by atoms with Gasteiger partial charge in [0.2, 0.25) is 5.91 Å². The van der Waals surface area contributed by atoms with E-state index in [0.29, 0.717) is 19.5 Å². The van der Waals surface area contributed by atoms with Crippen molar-refractivity contribution < 1.29 is 14.7 Å². The van der Waals surface area contributed by atoms with E-state index in [4.69, 9.17) is 0 Å². The maximum Gasteiger partial charge on any atom is 0.251 e. The lowest BCUT2D eigenvalue weighted by Gasteiger charge is -2.29. The Morgan fingerprint density at radius 2 is 2.21 bits per heavy atom. The van der Waals surface area contributed by atoms with Crippen LogP contribution in [0.1, 0.15) is 32.6 Å². The molecule has 0 spiro atoms. The molecule has 2 aliphatic rings. The van der Waals surface area contributed by atoms with Crippen LogP contribution in [0.4, 0.5) is 0 Å². The lowest BCUT2D eigenvalue weighted by Crippen LogP contribution is -2.46. The average Bonchev–Trinajstić information content (AvgIpc) is 2.54. The highest BCUT2D eigenvalue weighted by Gasteiger charge is 2.28. The fourth-order valence-electron chi connectivity index (χ4n) is 2.63. The highest BCUT2D eigenvalue weighted by atomic mass is 16.3. The van der Waals surface area contributed by atoms with Crippen molar-refractivity contribution in [2.75, 3.05) is 26.2 Å². The predicted molar refractivity (Wildman–Crippen MR) is 71.4 cm³/mol. The minimum atomic E-state index is -0.932. The molecule has 1 atom stereocenters. The number of aliphatic hydroxyl groups excluding tert-OH is 1. The maximum atomic E-state index is 12.2. The normalized spacial score (nSPS) is 25.1. The zero-order valence-corrected chi connectivity index (χ0v) is 11.5. The lowest BCUT2D eigenvalue weighted by molar-refractivity contribution is -0.145. The van der Waals surface area contributed by atoms with Crippen LogP contribution in [0.5, 0.6) is 0 Å². The largest absolute Gasteiger partial charge is 0.383 e. The summed E-state index contributed by atoms with van der Waals surface area (Å²) >= 11 is 0. The van der Waals surface area contributed by atoms with E-state index in [-0.39, 0.29) is 18.4 Å². The summed E-state index contributed by atoms with van der Waals surface area (Å²) < 4.78 is 0. The summed E-state index contributed by atoms with van der Waals surface area (Å²) in [6.07, 6.45) is 4.30. The Morgan fingerprint density at radius 1 is 1.42 bits per heavy atom. The molecule has 1 unspecified atom stereocenters. The molecular weight excluding hydrogens is 244 g/mol. The Labute approximate surface area is 113 Å². The van der Waals surface area contributed by atoms with Crippen LogP contribution in [0, 0.1) is 0 Å². The molecule has 2 aliphatic heterocycles. The van der Waals surface area contributed by atoms with Gasteiger partial charge < -0.3 is 14.9 Å². The van der Waals surface area contributed by atoms with Gasteiger partial charge in [0.05, 0.1) is 6.54 Å². The number of hydrogen-bond donors (Lipinski definition) is 1. The number of carbonyl (C=O) groups is 2. The van der Waals surface area contributed by atoms with Crippen LogP contribution in [0.15, 0.2) is 11.6 Å². The Morgan fingerprint density at radius 3 is 2.95 bits per heavy atom. The Balaban J connectivity index is 1.94. The van der Waals surface area contributed by atoms with E-state index < -0.39 is 6.10 Å². The van der Waals surface area contributed by atoms with Crippen LogP contribution < -0.4 is 0 Å². The molecule has 0 bridgehead atoms. The Kier molecular flexibility index (Phi) is 4.58. The van der Waals surface area contributed by atoms with Gasteiger partial charge in [0.25, 0.3) is 5.91 Å². The van der Waals surface area contributed by atoms with E-state index >= 15 is 0 Å². The first-order valence-electron chi connectivity index (χ1n) is 6.98. The third kappa shape index (κ3) is 3.56. The quantitative estimate of drug-likeness (QED) is 0.742. The van der Waals surface area contributed by atoms with Crippen molar-refractivity contribution >= 4 is 11.8 Å². The van der Waals surface area contributed by atoms with E-state index in [9.17, 15) is 14.7 Å². The fourth-order valence-corrected chi connectivity index (χ4v) is 2.63. The van der Waals surface area contributed by atoms with Crippen LogP contribution in [-0.2, 0) is 9.59 Å². The highest BCUT2D eigenvalue weighted by Crippen LogP contribution is 2.14. The summed E-state index contributed by atoms with van der Waals surface area (Å²) in [5.41, 5.74) is 1.20. The van der Waals surface area contributed by atoms with Crippen molar-refractivity contribution in [2.24, 2.45) is 0 Å². The molecular formula is C14H22N2O3. The third-order valence-electron chi connectivity index (χ3n) is 3.76. The topological polar surface area (TPSA) is 60.9 Å². The Hall–Kier alpha value is -1.36. The van der Waals surface area contributed by atoms with E-state index in [2.05, 4.69) is 6.08 Å². The van der Waals surface area contributed by atoms with E-state index in [1.807, 2.05) is 6.92 Å². The van der Waals surface area contributed by atoms with Crippen LogP contribution in [-0.4, -0.2) is 59.0 Å². The number of nitrogens with zero attached hydrogens (tertiary/aromatic N) is 2. The summed E-state index contributed by atoms with van der Waals surface area (Å²) in [4.78, 5) is 27.4. The summed E-state index contributed by atoms with van der Waals surface area (Å²) in [5, 5.41) is 9.67. The second kappa shape index (κ2) is 6.19. The van der Waals surface area contributed by atoms with Crippen LogP contribution >= 0.6 is 0 Å². The molecule has 0 aromatic rings. The molecule has 5 heteroatoms. The molecule has 0 radical (unpaired) electrons. The number of amides is 2. The molecule has 0 aromatic carbocycles. The standard InChI is InChI=1S/C14H22N2O3/c1-11-5-4-8-15(9-11)13(18)10-16-7-3-2-6-12(17)14(16)19/h5,12,17H,2-4,6-10H2,1H3. The van der Waals surface area contributed by atoms with Crippen molar-refractivity contribution in [1.29, 1.82) is 0 Å². The van der Waals surface area contributed by atoms with E-state index in [1.54, 1.807) is 4.90 Å². The molecule has 1 fully saturated rings. The van der Waals surface area contributed by atoms with Gasteiger partial charge in [-0.05, 0) is 32.6 Å². The minimum Gasteiger partial charge on any atom is -0.383 e. The van der Waals surface area contributed by atoms with Gasteiger partial charge in [-0.3, -0.25) is 9.59 Å². The number of carbonyl (C=O) groups excluding carboxylic acids is 2. The molecule has 2 rings (SSSR count). The monoisotopic (exact) mass is 266 g/mol. The number of rotatable bonds is 2. The molecule has 0 aromatic heterocycles. The molecule has 106 valence electrons. The van der Waals surface area contributed by atoms with E-state index in [1.165, 1.54) is 10.5 Å². The first-order chi connectivity index (χ1) is 9.08. The van der Waals surface area contributed by atoms with Crippen molar-refractivity contribution in [2.45, 2.75) is 38.7 Å². The summed E-state index contributed by atoms with van der Waals surface area (Å²) in [6, 6.07) is 0. The summed E-state index contributed by atoms with van der Waals surface area (Å²) in [6.45, 7) is 4.07. The van der Waals surface area contributed by atoms with Gasteiger partial charge in [0.15, 0.2) is 0 Å². The third-order valence-corrected chi connectivity index (χ3v) is 3.76. The Bertz CT molecular complexity index is 392. The second-order valence-electron chi connectivity index (χ2n) is 5.43. The number of likely N-dealkylation sites (tertiary alicyclic amines) is 1. The van der Waals surface area contributed by atoms with Gasteiger partial charge in [0.1, 0.15) is 6.10 Å². The molecule has 19 heavy (non-hydrogen) atoms. The highest BCUT2D eigenvalue weighted by molar-refractivity contribution is 5.87. The SMILES string of the molecule is CC1=CCCN(C(=O)CN2CCCCC(O)C2=O)C1. The van der Waals surface area contributed by atoms with Crippen molar-refractivity contribution in [3.63, 3.8) is 0 Å². The molecule has 1 saturated heterocycles. The predicted octanol–water partition coefficient (Wildman–Crippen LogP) is 0.538. The van der Waals surface area contributed by atoms with Gasteiger partial charge in [-0.25, -0.2) is 0 Å². The van der Waals surface area contributed by atoms with E-state index in [0.717, 1.165) is 25.8 Å². The van der Waals surface area contributed by atoms with Gasteiger partial charge in [-0.15, -0.1) is 0 Å². The van der Waals surface area contributed by atoms with Gasteiger partial charge in [-0.1, -0.05) is 11.6 Å². The molecule has 0 aliphatic carbocycles. The fraction of sp³-hybridized carbons (Fsp3) is 0.714. The zero-order chi connectivity index (χ0) is 13.8. The molecule has 1 N–H and O–H groups in total. The molecule has 0 saturated carbocycles. The first kappa shape index (κ1) is 14.1. The lowest BCUT2D eigenvalue weighted by atomic mass is 10.1. The van der Waals surface area contributed by atoms with Crippen molar-refractivity contribution in [3.05, 3.63) is 11.6 Å².